The van der Waals surface area contributed by atoms with Crippen LogP contribution in [0.1, 0.15) is 52.9 Å². The highest BCUT2D eigenvalue weighted by Crippen LogP contribution is 2.43. The SMILES string of the molecule is CCS(=O)(=O)c1ccc(C(=O)c2cnoc2C2CC2)c(C(F)(F)F)c1. The number of halogens is 3. The third-order valence-corrected chi connectivity index (χ3v) is 5.80. The van der Waals surface area contributed by atoms with Crippen molar-refractivity contribution in [2.75, 3.05) is 5.75 Å². The molecule has 1 aliphatic carbocycles. The molecule has 0 N–H and O–H groups in total. The summed E-state index contributed by atoms with van der Waals surface area (Å²) < 4.78 is 69.0. The zero-order chi connectivity index (χ0) is 18.4. The van der Waals surface area contributed by atoms with Crippen LogP contribution in [0.25, 0.3) is 0 Å². The number of ketones is 1. The van der Waals surface area contributed by atoms with E-state index in [1.807, 2.05) is 0 Å². The Morgan fingerprint density at radius 3 is 2.52 bits per heavy atom. The minimum Gasteiger partial charge on any atom is -0.360 e. The van der Waals surface area contributed by atoms with Gasteiger partial charge in [0.2, 0.25) is 0 Å². The Hall–Kier alpha value is -2.16. The van der Waals surface area contributed by atoms with Crippen LogP contribution in [0.15, 0.2) is 33.8 Å². The number of carbonyl (C=O) groups excluding carboxylic acids is 1. The van der Waals surface area contributed by atoms with E-state index in [1.54, 1.807) is 0 Å². The molecule has 0 amide bonds. The van der Waals surface area contributed by atoms with Crippen LogP contribution in [0.2, 0.25) is 0 Å². The molecule has 1 aromatic heterocycles. The van der Waals surface area contributed by atoms with E-state index in [0.29, 0.717) is 6.07 Å². The number of carbonyl (C=O) groups is 1. The highest BCUT2D eigenvalue weighted by atomic mass is 32.2. The van der Waals surface area contributed by atoms with Gasteiger partial charge >= 0.3 is 6.18 Å². The van der Waals surface area contributed by atoms with Crippen LogP contribution in [0.5, 0.6) is 0 Å². The Kier molecular flexibility index (Phi) is 4.22. The molecule has 25 heavy (non-hydrogen) atoms. The predicted molar refractivity (Wildman–Crippen MR) is 81.1 cm³/mol. The third-order valence-electron chi connectivity index (χ3n) is 4.07. The van der Waals surface area contributed by atoms with E-state index in [1.165, 1.54) is 6.92 Å². The summed E-state index contributed by atoms with van der Waals surface area (Å²) in [6.07, 6.45) is -2.20. The predicted octanol–water partition coefficient (Wildman–Crippen LogP) is 3.60. The summed E-state index contributed by atoms with van der Waals surface area (Å²) in [6, 6.07) is 2.43. The van der Waals surface area contributed by atoms with Crippen molar-refractivity contribution in [2.24, 2.45) is 0 Å². The number of alkyl halides is 3. The lowest BCUT2D eigenvalue weighted by molar-refractivity contribution is -0.138. The second-order valence-corrected chi connectivity index (χ2v) is 8.09. The standard InChI is InChI=1S/C16H14F3NO4S/c1-2-25(22,23)10-5-6-11(13(7-10)16(17,18)19)14(21)12-8-20-24-15(12)9-3-4-9/h5-9H,2-4H2,1H3. The van der Waals surface area contributed by atoms with Crippen LogP contribution in [0.4, 0.5) is 13.2 Å². The van der Waals surface area contributed by atoms with Gasteiger partial charge in [-0.3, -0.25) is 4.79 Å². The maximum atomic E-state index is 13.4. The average molecular weight is 373 g/mol. The maximum Gasteiger partial charge on any atom is 0.417 e. The highest BCUT2D eigenvalue weighted by molar-refractivity contribution is 7.91. The molecule has 0 bridgehead atoms. The van der Waals surface area contributed by atoms with Crippen LogP contribution in [0.3, 0.4) is 0 Å². The monoisotopic (exact) mass is 373 g/mol. The molecule has 134 valence electrons. The Morgan fingerprint density at radius 1 is 1.28 bits per heavy atom. The van der Waals surface area contributed by atoms with Gasteiger partial charge in [-0.1, -0.05) is 12.1 Å². The maximum absolute atomic E-state index is 13.4. The molecule has 0 saturated heterocycles. The number of rotatable bonds is 5. The van der Waals surface area contributed by atoms with Crippen molar-refractivity contribution in [1.82, 2.24) is 5.16 Å². The second kappa shape index (κ2) is 5.98. The lowest BCUT2D eigenvalue weighted by atomic mass is 9.97. The summed E-state index contributed by atoms with van der Waals surface area (Å²) in [5.41, 5.74) is -1.92. The van der Waals surface area contributed by atoms with Gasteiger partial charge in [-0.05, 0) is 31.0 Å². The van der Waals surface area contributed by atoms with Crippen molar-refractivity contribution in [2.45, 2.75) is 36.8 Å². The number of hydrogen-bond acceptors (Lipinski definition) is 5. The summed E-state index contributed by atoms with van der Waals surface area (Å²) in [5, 5.41) is 3.52. The molecule has 0 unspecified atom stereocenters. The Morgan fingerprint density at radius 2 is 1.96 bits per heavy atom. The number of hydrogen-bond donors (Lipinski definition) is 0. The van der Waals surface area contributed by atoms with Gasteiger partial charge in [0.25, 0.3) is 0 Å². The lowest BCUT2D eigenvalue weighted by Crippen LogP contribution is -2.16. The van der Waals surface area contributed by atoms with E-state index >= 15 is 0 Å². The van der Waals surface area contributed by atoms with E-state index < -0.39 is 37.8 Å². The van der Waals surface area contributed by atoms with Crippen molar-refractivity contribution in [3.05, 3.63) is 46.8 Å². The van der Waals surface area contributed by atoms with E-state index in [4.69, 9.17) is 4.52 Å². The molecule has 9 heteroatoms. The van der Waals surface area contributed by atoms with Crippen LogP contribution in [0, 0.1) is 0 Å². The van der Waals surface area contributed by atoms with Gasteiger partial charge in [0.15, 0.2) is 21.4 Å². The van der Waals surface area contributed by atoms with Gasteiger partial charge in [0.1, 0.15) is 0 Å². The van der Waals surface area contributed by atoms with Crippen LogP contribution in [-0.2, 0) is 16.0 Å². The van der Waals surface area contributed by atoms with Gasteiger partial charge in [0.05, 0.1) is 28.0 Å². The summed E-state index contributed by atoms with van der Waals surface area (Å²) in [6.45, 7) is 1.33. The van der Waals surface area contributed by atoms with E-state index in [0.717, 1.165) is 31.2 Å². The minimum atomic E-state index is -4.87. The fourth-order valence-electron chi connectivity index (χ4n) is 2.52. The Balaban J connectivity index is 2.12. The summed E-state index contributed by atoms with van der Waals surface area (Å²) in [7, 11) is -3.83. The quantitative estimate of drug-likeness (QED) is 0.749. The van der Waals surface area contributed by atoms with Crippen LogP contribution >= 0.6 is 0 Å². The topological polar surface area (TPSA) is 77.2 Å². The largest absolute Gasteiger partial charge is 0.417 e. The van der Waals surface area contributed by atoms with Crippen molar-refractivity contribution in [3.63, 3.8) is 0 Å². The molecule has 1 heterocycles. The van der Waals surface area contributed by atoms with Gasteiger partial charge in [-0.2, -0.15) is 13.2 Å². The normalized spacial score (nSPS) is 15.4. The van der Waals surface area contributed by atoms with Crippen molar-refractivity contribution < 1.29 is 30.9 Å². The van der Waals surface area contributed by atoms with Gasteiger partial charge < -0.3 is 4.52 Å². The van der Waals surface area contributed by atoms with Gasteiger partial charge in [-0.15, -0.1) is 0 Å². The third kappa shape index (κ3) is 3.33. The van der Waals surface area contributed by atoms with Gasteiger partial charge in [0, 0.05) is 11.5 Å². The number of aromatic nitrogens is 1. The first kappa shape index (κ1) is 17.7. The summed E-state index contributed by atoms with van der Waals surface area (Å²) in [5.74, 6) is -0.940. The molecule has 0 spiro atoms. The summed E-state index contributed by atoms with van der Waals surface area (Å²) >= 11 is 0. The molecular weight excluding hydrogens is 359 g/mol. The average Bonchev–Trinajstić information content (AvgIpc) is 3.29. The molecule has 1 saturated carbocycles. The molecular formula is C16H14F3NO4S. The number of nitrogens with zero attached hydrogens (tertiary/aromatic N) is 1. The fraction of sp³-hybridized carbons (Fsp3) is 0.375. The molecule has 0 aliphatic heterocycles. The van der Waals surface area contributed by atoms with Crippen molar-refractivity contribution in [1.29, 1.82) is 0 Å². The fourth-order valence-corrected chi connectivity index (χ4v) is 3.43. The van der Waals surface area contributed by atoms with E-state index in [2.05, 4.69) is 5.16 Å². The Labute approximate surface area is 141 Å². The number of sulfone groups is 1. The highest BCUT2D eigenvalue weighted by Gasteiger charge is 2.39. The van der Waals surface area contributed by atoms with Crippen molar-refractivity contribution >= 4 is 15.6 Å². The van der Waals surface area contributed by atoms with E-state index in [9.17, 15) is 26.4 Å². The molecule has 1 fully saturated rings. The van der Waals surface area contributed by atoms with Crippen molar-refractivity contribution in [3.8, 4) is 0 Å². The first-order chi connectivity index (χ1) is 11.6. The first-order valence-electron chi connectivity index (χ1n) is 7.58. The summed E-state index contributed by atoms with van der Waals surface area (Å²) in [4.78, 5) is 12.1. The molecule has 1 aromatic carbocycles. The first-order valence-corrected chi connectivity index (χ1v) is 9.23. The molecule has 5 nitrogen and oxygen atoms in total. The minimum absolute atomic E-state index is 0.00414. The zero-order valence-electron chi connectivity index (χ0n) is 13.1. The molecule has 2 aromatic rings. The van der Waals surface area contributed by atoms with Crippen LogP contribution in [-0.4, -0.2) is 25.1 Å². The smallest absolute Gasteiger partial charge is 0.360 e. The lowest BCUT2D eigenvalue weighted by Gasteiger charge is -2.13. The zero-order valence-corrected chi connectivity index (χ0v) is 13.9. The van der Waals surface area contributed by atoms with Gasteiger partial charge in [-0.25, -0.2) is 8.42 Å². The van der Waals surface area contributed by atoms with Crippen LogP contribution < -0.4 is 0 Å². The second-order valence-electron chi connectivity index (χ2n) is 5.82. The Bertz CT molecular complexity index is 927. The van der Waals surface area contributed by atoms with E-state index in [-0.39, 0.29) is 23.0 Å². The molecule has 3 rings (SSSR count). The number of benzene rings is 1. The molecule has 0 radical (unpaired) electrons. The molecule has 0 atom stereocenters. The molecule has 1 aliphatic rings.